The molecule has 1 aromatic heterocycles. The monoisotopic (exact) mass is 392 g/mol. The van der Waals surface area contributed by atoms with Gasteiger partial charge < -0.3 is 14.4 Å². The first-order valence-electron chi connectivity index (χ1n) is 9.90. The van der Waals surface area contributed by atoms with Gasteiger partial charge in [0.1, 0.15) is 5.60 Å². The zero-order valence-corrected chi connectivity index (χ0v) is 17.8. The van der Waals surface area contributed by atoms with Crippen LogP contribution in [0.5, 0.6) is 0 Å². The van der Waals surface area contributed by atoms with Crippen molar-refractivity contribution in [3.05, 3.63) is 24.0 Å². The van der Waals surface area contributed by atoms with Crippen LogP contribution in [0.3, 0.4) is 0 Å². The third-order valence-electron chi connectivity index (χ3n) is 5.39. The van der Waals surface area contributed by atoms with Crippen molar-refractivity contribution in [2.45, 2.75) is 57.1 Å². The first kappa shape index (κ1) is 20.5. The van der Waals surface area contributed by atoms with Crippen LogP contribution in [-0.2, 0) is 16.1 Å². The maximum absolute atomic E-state index is 12.2. The normalized spacial score (nSPS) is 23.3. The maximum atomic E-state index is 12.2. The zero-order valence-electron chi connectivity index (χ0n) is 16.9. The number of pyridine rings is 1. The second-order valence-electron chi connectivity index (χ2n) is 8.67. The molecule has 1 aliphatic carbocycles. The molecule has 27 heavy (non-hydrogen) atoms. The largest absolute Gasteiger partial charge is 0.444 e. The second-order valence-corrected chi connectivity index (χ2v) is 9.55. The smallest absolute Gasteiger partial charge is 0.410 e. The predicted molar refractivity (Wildman–Crippen MR) is 108 cm³/mol. The Balaban J connectivity index is 1.33. The molecule has 5 nitrogen and oxygen atoms in total. The molecule has 2 heterocycles. The zero-order chi connectivity index (χ0) is 19.4. The summed E-state index contributed by atoms with van der Waals surface area (Å²) in [6.07, 6.45) is 7.21. The minimum atomic E-state index is -0.419. The highest BCUT2D eigenvalue weighted by molar-refractivity contribution is 7.98. The molecule has 2 atom stereocenters. The molecular formula is C21H32N2O3S. The molecule has 1 amide bonds. The number of aromatic nitrogens is 1. The van der Waals surface area contributed by atoms with Crippen LogP contribution in [0.4, 0.5) is 4.79 Å². The van der Waals surface area contributed by atoms with Gasteiger partial charge in [0.25, 0.3) is 0 Å². The average Bonchev–Trinajstić information content (AvgIpc) is 3.40. The summed E-state index contributed by atoms with van der Waals surface area (Å²) in [5.74, 6) is 2.16. The first-order valence-corrected chi connectivity index (χ1v) is 11.1. The molecule has 150 valence electrons. The van der Waals surface area contributed by atoms with E-state index in [0.717, 1.165) is 50.1 Å². The van der Waals surface area contributed by atoms with E-state index in [1.165, 1.54) is 11.3 Å². The molecule has 0 spiro atoms. The van der Waals surface area contributed by atoms with E-state index in [1.807, 2.05) is 37.9 Å². The SMILES string of the molecule is CSc1ccc(COC[C@H]2C[C@@H]2C2CCN(C(=O)OC(C)(C)C)CC2)nc1. The first-order chi connectivity index (χ1) is 12.9. The summed E-state index contributed by atoms with van der Waals surface area (Å²) in [5.41, 5.74) is 0.577. The van der Waals surface area contributed by atoms with E-state index in [4.69, 9.17) is 9.47 Å². The fourth-order valence-electron chi connectivity index (χ4n) is 3.81. The topological polar surface area (TPSA) is 51.7 Å². The molecular weight excluding hydrogens is 360 g/mol. The number of thioether (sulfide) groups is 1. The number of hydrogen-bond acceptors (Lipinski definition) is 5. The maximum Gasteiger partial charge on any atom is 0.410 e. The number of piperidine rings is 1. The van der Waals surface area contributed by atoms with Crippen molar-refractivity contribution in [2.75, 3.05) is 26.0 Å². The number of amides is 1. The van der Waals surface area contributed by atoms with Crippen molar-refractivity contribution in [1.82, 2.24) is 9.88 Å². The molecule has 0 aromatic carbocycles. The molecule has 2 aliphatic rings. The number of rotatable bonds is 6. The van der Waals surface area contributed by atoms with E-state index in [0.29, 0.717) is 12.5 Å². The average molecular weight is 393 g/mol. The Morgan fingerprint density at radius 1 is 1.30 bits per heavy atom. The Hall–Kier alpha value is -1.27. The molecule has 0 N–H and O–H groups in total. The van der Waals surface area contributed by atoms with Gasteiger partial charge in [-0.15, -0.1) is 11.8 Å². The molecule has 0 bridgehead atoms. The molecule has 0 unspecified atom stereocenters. The lowest BCUT2D eigenvalue weighted by Crippen LogP contribution is -2.42. The van der Waals surface area contributed by atoms with Crippen molar-refractivity contribution in [1.29, 1.82) is 0 Å². The van der Waals surface area contributed by atoms with E-state index in [9.17, 15) is 4.79 Å². The molecule has 1 saturated heterocycles. The molecule has 3 rings (SSSR count). The summed E-state index contributed by atoms with van der Waals surface area (Å²) < 4.78 is 11.4. The van der Waals surface area contributed by atoms with Crippen molar-refractivity contribution in [3.8, 4) is 0 Å². The number of carbonyl (C=O) groups is 1. The number of ether oxygens (including phenoxy) is 2. The number of likely N-dealkylation sites (tertiary alicyclic amines) is 1. The van der Waals surface area contributed by atoms with E-state index in [2.05, 4.69) is 17.3 Å². The second kappa shape index (κ2) is 8.82. The van der Waals surface area contributed by atoms with Gasteiger partial charge in [0, 0.05) is 24.2 Å². The summed E-state index contributed by atoms with van der Waals surface area (Å²) in [6.45, 7) is 8.79. The summed E-state index contributed by atoms with van der Waals surface area (Å²) in [5, 5.41) is 0. The summed E-state index contributed by atoms with van der Waals surface area (Å²) >= 11 is 1.70. The minimum Gasteiger partial charge on any atom is -0.444 e. The van der Waals surface area contributed by atoms with E-state index in [-0.39, 0.29) is 6.09 Å². The van der Waals surface area contributed by atoms with Crippen LogP contribution >= 0.6 is 11.8 Å². The van der Waals surface area contributed by atoms with Crippen LogP contribution < -0.4 is 0 Å². The van der Waals surface area contributed by atoms with Crippen LogP contribution in [0.15, 0.2) is 23.2 Å². The fraction of sp³-hybridized carbons (Fsp3) is 0.714. The highest BCUT2D eigenvalue weighted by Gasteiger charge is 2.44. The summed E-state index contributed by atoms with van der Waals surface area (Å²) in [7, 11) is 0. The Kier molecular flexibility index (Phi) is 6.69. The van der Waals surface area contributed by atoms with Gasteiger partial charge >= 0.3 is 6.09 Å². The van der Waals surface area contributed by atoms with Gasteiger partial charge in [-0.25, -0.2) is 4.79 Å². The minimum absolute atomic E-state index is 0.170. The summed E-state index contributed by atoms with van der Waals surface area (Å²) in [6, 6.07) is 4.14. The van der Waals surface area contributed by atoms with Gasteiger partial charge in [0.2, 0.25) is 0 Å². The number of nitrogens with zero attached hydrogens (tertiary/aromatic N) is 2. The van der Waals surface area contributed by atoms with Crippen molar-refractivity contribution < 1.29 is 14.3 Å². The highest BCUT2D eigenvalue weighted by Crippen LogP contribution is 2.48. The van der Waals surface area contributed by atoms with Gasteiger partial charge in [-0.3, -0.25) is 4.98 Å². The van der Waals surface area contributed by atoms with Crippen molar-refractivity contribution in [2.24, 2.45) is 17.8 Å². The van der Waals surface area contributed by atoms with E-state index >= 15 is 0 Å². The van der Waals surface area contributed by atoms with Gasteiger partial charge in [-0.1, -0.05) is 0 Å². The Morgan fingerprint density at radius 3 is 2.63 bits per heavy atom. The standard InChI is InChI=1S/C21H32N2O3S/c1-21(2,3)26-20(24)23-9-7-15(8-10-23)19-11-16(19)13-25-14-17-5-6-18(27-4)12-22-17/h5-6,12,15-16,19H,7-11,13-14H2,1-4H3/t16-,19-/m1/s1. The third-order valence-corrected chi connectivity index (χ3v) is 6.10. The Morgan fingerprint density at radius 2 is 2.04 bits per heavy atom. The molecule has 2 fully saturated rings. The van der Waals surface area contributed by atoms with E-state index in [1.54, 1.807) is 11.8 Å². The lowest BCUT2D eigenvalue weighted by atomic mass is 9.91. The van der Waals surface area contributed by atoms with Gasteiger partial charge in [-0.2, -0.15) is 0 Å². The van der Waals surface area contributed by atoms with Crippen LogP contribution in [0.25, 0.3) is 0 Å². The van der Waals surface area contributed by atoms with Crippen LogP contribution in [0, 0.1) is 17.8 Å². The lowest BCUT2D eigenvalue weighted by molar-refractivity contribution is 0.0170. The third kappa shape index (κ3) is 6.11. The Bertz CT molecular complexity index is 621. The molecule has 1 aromatic rings. The van der Waals surface area contributed by atoms with Crippen LogP contribution in [-0.4, -0.2) is 47.5 Å². The van der Waals surface area contributed by atoms with Crippen LogP contribution in [0.2, 0.25) is 0 Å². The quantitative estimate of drug-likeness (QED) is 0.662. The van der Waals surface area contributed by atoms with Crippen molar-refractivity contribution >= 4 is 17.9 Å². The molecule has 1 aliphatic heterocycles. The lowest BCUT2D eigenvalue weighted by Gasteiger charge is -2.33. The number of hydrogen-bond donors (Lipinski definition) is 0. The molecule has 0 radical (unpaired) electrons. The van der Waals surface area contributed by atoms with Gasteiger partial charge in [0.15, 0.2) is 0 Å². The Labute approximate surface area is 167 Å². The summed E-state index contributed by atoms with van der Waals surface area (Å²) in [4.78, 5) is 19.6. The van der Waals surface area contributed by atoms with Gasteiger partial charge in [0.05, 0.1) is 18.9 Å². The number of carbonyl (C=O) groups excluding carboxylic acids is 1. The van der Waals surface area contributed by atoms with Crippen LogP contribution in [0.1, 0.15) is 45.7 Å². The van der Waals surface area contributed by atoms with E-state index < -0.39 is 5.60 Å². The highest BCUT2D eigenvalue weighted by atomic mass is 32.2. The van der Waals surface area contributed by atoms with Crippen molar-refractivity contribution in [3.63, 3.8) is 0 Å². The van der Waals surface area contributed by atoms with Gasteiger partial charge in [-0.05, 0) is 76.2 Å². The molecule has 1 saturated carbocycles. The predicted octanol–water partition coefficient (Wildman–Crippen LogP) is 4.60. The fourth-order valence-corrected chi connectivity index (χ4v) is 4.17. The molecule has 6 heteroatoms.